The maximum Gasteiger partial charge on any atom is 0.241 e. The third kappa shape index (κ3) is 3.59. The van der Waals surface area contributed by atoms with Gasteiger partial charge in [0.05, 0.1) is 6.04 Å². The number of aromatic hydroxyl groups is 1. The SMILES string of the molecule is Cc1ccc(NC(=O)[C@@H](N)Cc2ccccc2)cc1O. The van der Waals surface area contributed by atoms with Gasteiger partial charge in [0.2, 0.25) is 5.91 Å². The van der Waals surface area contributed by atoms with Gasteiger partial charge in [-0.1, -0.05) is 36.4 Å². The average molecular weight is 270 g/mol. The summed E-state index contributed by atoms with van der Waals surface area (Å²) in [6.45, 7) is 1.79. The monoisotopic (exact) mass is 270 g/mol. The minimum Gasteiger partial charge on any atom is -0.508 e. The fraction of sp³-hybridized carbons (Fsp3) is 0.188. The highest BCUT2D eigenvalue weighted by Gasteiger charge is 2.14. The number of carbonyl (C=O) groups excluding carboxylic acids is 1. The smallest absolute Gasteiger partial charge is 0.241 e. The normalized spacial score (nSPS) is 11.9. The van der Waals surface area contributed by atoms with E-state index in [9.17, 15) is 9.90 Å². The highest BCUT2D eigenvalue weighted by Crippen LogP contribution is 2.20. The van der Waals surface area contributed by atoms with Crippen LogP contribution in [0.2, 0.25) is 0 Å². The van der Waals surface area contributed by atoms with Gasteiger partial charge in [-0.15, -0.1) is 0 Å². The maximum absolute atomic E-state index is 12.0. The van der Waals surface area contributed by atoms with Crippen LogP contribution in [0, 0.1) is 6.92 Å². The lowest BCUT2D eigenvalue weighted by Gasteiger charge is -2.13. The van der Waals surface area contributed by atoms with Crippen LogP contribution in [0.5, 0.6) is 5.75 Å². The third-order valence-electron chi connectivity index (χ3n) is 3.11. The van der Waals surface area contributed by atoms with Crippen molar-refractivity contribution in [2.45, 2.75) is 19.4 Å². The summed E-state index contributed by atoms with van der Waals surface area (Å²) in [5.74, 6) is -0.114. The van der Waals surface area contributed by atoms with E-state index < -0.39 is 6.04 Å². The Labute approximate surface area is 118 Å². The summed E-state index contributed by atoms with van der Waals surface area (Å²) in [6.07, 6.45) is 0.477. The summed E-state index contributed by atoms with van der Waals surface area (Å²) in [4.78, 5) is 12.0. The van der Waals surface area contributed by atoms with Gasteiger partial charge in [-0.2, -0.15) is 0 Å². The summed E-state index contributed by atoms with van der Waals surface area (Å²) in [5.41, 5.74) is 8.21. The second kappa shape index (κ2) is 6.21. The van der Waals surface area contributed by atoms with E-state index in [0.717, 1.165) is 11.1 Å². The summed E-state index contributed by atoms with van der Waals surface area (Å²) < 4.78 is 0. The van der Waals surface area contributed by atoms with Crippen molar-refractivity contribution in [1.29, 1.82) is 0 Å². The van der Waals surface area contributed by atoms with Crippen LogP contribution in [-0.4, -0.2) is 17.1 Å². The lowest BCUT2D eigenvalue weighted by Crippen LogP contribution is -2.37. The quantitative estimate of drug-likeness (QED) is 0.797. The second-order valence-corrected chi connectivity index (χ2v) is 4.79. The molecule has 0 fully saturated rings. The molecule has 4 heteroatoms. The van der Waals surface area contributed by atoms with Gasteiger partial charge in [-0.3, -0.25) is 4.79 Å². The molecule has 0 unspecified atom stereocenters. The van der Waals surface area contributed by atoms with Gasteiger partial charge in [0.15, 0.2) is 0 Å². The number of anilines is 1. The van der Waals surface area contributed by atoms with Crippen molar-refractivity contribution >= 4 is 11.6 Å². The molecule has 0 spiro atoms. The second-order valence-electron chi connectivity index (χ2n) is 4.79. The predicted molar refractivity (Wildman–Crippen MR) is 79.6 cm³/mol. The number of nitrogens with two attached hydrogens (primary N) is 1. The zero-order chi connectivity index (χ0) is 14.5. The highest BCUT2D eigenvalue weighted by molar-refractivity contribution is 5.95. The molecule has 0 aliphatic heterocycles. The standard InChI is InChI=1S/C16H18N2O2/c1-11-7-8-13(10-15(11)19)18-16(20)14(17)9-12-5-3-2-4-6-12/h2-8,10,14,19H,9,17H2,1H3,(H,18,20)/t14-/m0/s1. The molecule has 4 N–H and O–H groups in total. The van der Waals surface area contributed by atoms with Crippen LogP contribution in [0.3, 0.4) is 0 Å². The largest absolute Gasteiger partial charge is 0.508 e. The molecule has 0 bridgehead atoms. The number of aryl methyl sites for hydroxylation is 1. The van der Waals surface area contributed by atoms with Gasteiger partial charge in [-0.05, 0) is 30.5 Å². The molecule has 1 atom stereocenters. The molecule has 20 heavy (non-hydrogen) atoms. The van der Waals surface area contributed by atoms with Gasteiger partial charge in [-0.25, -0.2) is 0 Å². The Bertz CT molecular complexity index is 597. The minimum atomic E-state index is -0.624. The number of hydrogen-bond donors (Lipinski definition) is 3. The third-order valence-corrected chi connectivity index (χ3v) is 3.11. The molecular weight excluding hydrogens is 252 g/mol. The van der Waals surface area contributed by atoms with E-state index in [4.69, 9.17) is 5.73 Å². The lowest BCUT2D eigenvalue weighted by molar-refractivity contribution is -0.117. The molecular formula is C16H18N2O2. The fourth-order valence-electron chi connectivity index (χ4n) is 1.88. The summed E-state index contributed by atoms with van der Waals surface area (Å²) in [7, 11) is 0. The number of phenolic OH excluding ortho intramolecular Hbond substituents is 1. The van der Waals surface area contributed by atoms with Crippen molar-refractivity contribution in [3.8, 4) is 5.75 Å². The van der Waals surface area contributed by atoms with Gasteiger partial charge >= 0.3 is 0 Å². The molecule has 0 heterocycles. The molecule has 0 aliphatic carbocycles. The minimum absolute atomic E-state index is 0.152. The van der Waals surface area contributed by atoms with Crippen molar-refractivity contribution < 1.29 is 9.90 Å². The van der Waals surface area contributed by atoms with Gasteiger partial charge < -0.3 is 16.2 Å². The van der Waals surface area contributed by atoms with E-state index in [1.165, 1.54) is 6.07 Å². The average Bonchev–Trinajstić information content (AvgIpc) is 2.44. The number of phenols is 1. The van der Waals surface area contributed by atoms with Gasteiger partial charge in [0.25, 0.3) is 0 Å². The van der Waals surface area contributed by atoms with Crippen LogP contribution >= 0.6 is 0 Å². The first-order chi connectivity index (χ1) is 9.56. The Kier molecular flexibility index (Phi) is 4.38. The van der Waals surface area contributed by atoms with Crippen LogP contribution in [0.25, 0.3) is 0 Å². The highest BCUT2D eigenvalue weighted by atomic mass is 16.3. The molecule has 104 valence electrons. The zero-order valence-electron chi connectivity index (χ0n) is 11.3. The van der Waals surface area contributed by atoms with E-state index in [2.05, 4.69) is 5.32 Å². The lowest BCUT2D eigenvalue weighted by atomic mass is 10.1. The molecule has 2 aromatic rings. The molecule has 2 rings (SSSR count). The van der Waals surface area contributed by atoms with Crippen molar-refractivity contribution in [3.05, 3.63) is 59.7 Å². The topological polar surface area (TPSA) is 75.4 Å². The first-order valence-corrected chi connectivity index (χ1v) is 6.46. The molecule has 2 aromatic carbocycles. The molecule has 0 saturated carbocycles. The summed E-state index contributed by atoms with van der Waals surface area (Å²) in [5, 5.41) is 12.3. The first-order valence-electron chi connectivity index (χ1n) is 6.46. The predicted octanol–water partition coefficient (Wildman–Crippen LogP) is 2.21. The molecule has 1 amide bonds. The van der Waals surface area contributed by atoms with Crippen LogP contribution < -0.4 is 11.1 Å². The van der Waals surface area contributed by atoms with E-state index in [0.29, 0.717) is 12.1 Å². The van der Waals surface area contributed by atoms with Crippen LogP contribution in [0.4, 0.5) is 5.69 Å². The van der Waals surface area contributed by atoms with Crippen molar-refractivity contribution in [2.24, 2.45) is 5.73 Å². The number of nitrogens with one attached hydrogen (secondary N) is 1. The Morgan fingerprint density at radius 3 is 2.60 bits per heavy atom. The first kappa shape index (κ1) is 14.1. The number of carbonyl (C=O) groups is 1. The number of amides is 1. The molecule has 0 saturated heterocycles. The molecule has 0 radical (unpaired) electrons. The van der Waals surface area contributed by atoms with Crippen molar-refractivity contribution in [2.75, 3.05) is 5.32 Å². The molecule has 0 aliphatic rings. The van der Waals surface area contributed by atoms with E-state index >= 15 is 0 Å². The van der Waals surface area contributed by atoms with E-state index in [1.807, 2.05) is 30.3 Å². The van der Waals surface area contributed by atoms with Crippen molar-refractivity contribution in [1.82, 2.24) is 0 Å². The summed E-state index contributed by atoms with van der Waals surface area (Å²) >= 11 is 0. The van der Waals surface area contributed by atoms with Gasteiger partial charge in [0.1, 0.15) is 5.75 Å². The molecule has 0 aromatic heterocycles. The van der Waals surface area contributed by atoms with Crippen LogP contribution in [0.15, 0.2) is 48.5 Å². The molecule has 4 nitrogen and oxygen atoms in total. The zero-order valence-corrected chi connectivity index (χ0v) is 11.3. The number of rotatable bonds is 4. The van der Waals surface area contributed by atoms with Crippen LogP contribution in [0.1, 0.15) is 11.1 Å². The number of benzene rings is 2. The Morgan fingerprint density at radius 2 is 1.95 bits per heavy atom. The van der Waals surface area contributed by atoms with Crippen LogP contribution in [-0.2, 0) is 11.2 Å². The number of hydrogen-bond acceptors (Lipinski definition) is 3. The fourth-order valence-corrected chi connectivity index (χ4v) is 1.88. The Balaban J connectivity index is 1.99. The Hall–Kier alpha value is -2.33. The Morgan fingerprint density at radius 1 is 1.25 bits per heavy atom. The summed E-state index contributed by atoms with van der Waals surface area (Å²) in [6, 6.07) is 14.0. The van der Waals surface area contributed by atoms with E-state index in [1.54, 1.807) is 19.1 Å². The maximum atomic E-state index is 12.0. The van der Waals surface area contributed by atoms with E-state index in [-0.39, 0.29) is 11.7 Å². The van der Waals surface area contributed by atoms with Gasteiger partial charge in [0, 0.05) is 11.8 Å². The van der Waals surface area contributed by atoms with Crippen molar-refractivity contribution in [3.63, 3.8) is 0 Å².